The van der Waals surface area contributed by atoms with E-state index in [1.165, 1.54) is 5.56 Å². The van der Waals surface area contributed by atoms with Crippen molar-refractivity contribution in [3.05, 3.63) is 53.6 Å². The van der Waals surface area contributed by atoms with Gasteiger partial charge >= 0.3 is 0 Å². The number of methoxy groups -OCH3 is 1. The van der Waals surface area contributed by atoms with E-state index in [1.807, 2.05) is 18.0 Å². The summed E-state index contributed by atoms with van der Waals surface area (Å²) in [4.78, 5) is 16.8. The molecule has 4 unspecified atom stereocenters. The molecule has 2 aromatic carbocycles. The molecule has 0 aliphatic carbocycles. The minimum Gasteiger partial charge on any atom is -0.497 e. The average molecular weight is 408 g/mol. The van der Waals surface area contributed by atoms with Crippen LogP contribution in [0.4, 0.5) is 5.69 Å². The lowest BCUT2D eigenvalue weighted by atomic mass is 9.77. The normalized spacial score (nSPS) is 28.0. The molecule has 2 aromatic rings. The maximum atomic E-state index is 12.7. The first-order valence-corrected chi connectivity index (χ1v) is 10.7. The van der Waals surface area contributed by atoms with Gasteiger partial charge in [-0.25, -0.2) is 0 Å². The third-order valence-corrected chi connectivity index (χ3v) is 6.89. The van der Waals surface area contributed by atoms with Crippen molar-refractivity contribution in [1.82, 2.24) is 10.2 Å². The predicted octanol–water partition coefficient (Wildman–Crippen LogP) is 2.80. The zero-order valence-electron chi connectivity index (χ0n) is 17.8. The summed E-state index contributed by atoms with van der Waals surface area (Å²) in [7, 11) is 5.72. The monoisotopic (exact) mass is 407 g/mol. The number of amides is 1. The third kappa shape index (κ3) is 3.10. The number of benzene rings is 2. The highest BCUT2D eigenvalue weighted by Gasteiger charge is 2.46. The van der Waals surface area contributed by atoms with E-state index in [4.69, 9.17) is 9.47 Å². The Hall–Kier alpha value is -2.73. The van der Waals surface area contributed by atoms with Crippen LogP contribution in [0.3, 0.4) is 0 Å². The third-order valence-electron chi connectivity index (χ3n) is 6.89. The lowest BCUT2D eigenvalue weighted by Crippen LogP contribution is -2.53. The first-order chi connectivity index (χ1) is 14.6. The molecule has 1 N–H and O–H groups in total. The highest BCUT2D eigenvalue weighted by atomic mass is 16.5. The molecular formula is C24H29N3O3. The number of anilines is 1. The van der Waals surface area contributed by atoms with Crippen LogP contribution in [0, 0.1) is 5.92 Å². The van der Waals surface area contributed by atoms with Gasteiger partial charge in [0, 0.05) is 38.2 Å². The molecule has 2 fully saturated rings. The summed E-state index contributed by atoms with van der Waals surface area (Å²) in [6.45, 7) is 2.36. The summed E-state index contributed by atoms with van der Waals surface area (Å²) in [6, 6.07) is 14.4. The number of hydrogen-bond acceptors (Lipinski definition) is 5. The summed E-state index contributed by atoms with van der Waals surface area (Å²) < 4.78 is 12.3. The van der Waals surface area contributed by atoms with Crippen molar-refractivity contribution in [2.75, 3.05) is 45.7 Å². The number of carbonyl (C=O) groups is 1. The molecule has 0 aromatic heterocycles. The lowest BCUT2D eigenvalue weighted by Gasteiger charge is -2.41. The Morgan fingerprint density at radius 1 is 1.10 bits per heavy atom. The van der Waals surface area contributed by atoms with Crippen LogP contribution in [0.25, 0.3) is 0 Å². The van der Waals surface area contributed by atoms with E-state index in [0.29, 0.717) is 6.54 Å². The Balaban J connectivity index is 1.59. The van der Waals surface area contributed by atoms with Gasteiger partial charge in [-0.15, -0.1) is 0 Å². The van der Waals surface area contributed by atoms with E-state index in [9.17, 15) is 4.79 Å². The second-order valence-electron chi connectivity index (χ2n) is 8.67. The maximum Gasteiger partial charge on any atom is 0.239 e. The standard InChI is InChI=1S/C24H29N3O3/c1-26-14-21(15-7-5-4-6-8-15)30-23-18(11-16(29-3)12-20(23)26)19-13-27(2)24(28)22-17(19)9-10-25-22/h4-8,11-12,17,19,21-22,25H,9-10,13-14H2,1-3H3. The van der Waals surface area contributed by atoms with Crippen LogP contribution < -0.4 is 19.7 Å². The number of likely N-dealkylation sites (N-methyl/N-ethyl adjacent to an activating group) is 2. The van der Waals surface area contributed by atoms with Crippen molar-refractivity contribution in [3.63, 3.8) is 0 Å². The fraction of sp³-hybridized carbons (Fsp3) is 0.458. The fourth-order valence-electron chi connectivity index (χ4n) is 5.30. The highest BCUT2D eigenvalue weighted by molar-refractivity contribution is 5.84. The van der Waals surface area contributed by atoms with Crippen molar-refractivity contribution in [1.29, 1.82) is 0 Å². The molecule has 0 bridgehead atoms. The van der Waals surface area contributed by atoms with Crippen LogP contribution in [-0.2, 0) is 4.79 Å². The molecule has 0 saturated carbocycles. The molecule has 0 spiro atoms. The average Bonchev–Trinajstić information content (AvgIpc) is 3.26. The first-order valence-electron chi connectivity index (χ1n) is 10.7. The molecule has 3 aliphatic heterocycles. The molecule has 4 atom stereocenters. The maximum absolute atomic E-state index is 12.7. The molecular weight excluding hydrogens is 378 g/mol. The van der Waals surface area contributed by atoms with Crippen molar-refractivity contribution in [2.24, 2.45) is 5.92 Å². The minimum absolute atomic E-state index is 0.0312. The van der Waals surface area contributed by atoms with Crippen molar-refractivity contribution in [2.45, 2.75) is 24.5 Å². The van der Waals surface area contributed by atoms with Gasteiger partial charge in [0.25, 0.3) is 0 Å². The molecule has 0 radical (unpaired) electrons. The van der Waals surface area contributed by atoms with Gasteiger partial charge in [-0.2, -0.15) is 0 Å². The zero-order valence-corrected chi connectivity index (χ0v) is 17.8. The van der Waals surface area contributed by atoms with Crippen LogP contribution in [0.1, 0.15) is 29.6 Å². The Morgan fingerprint density at radius 3 is 2.67 bits per heavy atom. The summed E-state index contributed by atoms with van der Waals surface area (Å²) in [5.74, 6) is 2.44. The summed E-state index contributed by atoms with van der Waals surface area (Å²) >= 11 is 0. The number of rotatable bonds is 3. The number of nitrogens with one attached hydrogen (secondary N) is 1. The number of carbonyl (C=O) groups excluding carboxylic acids is 1. The van der Waals surface area contributed by atoms with E-state index in [0.717, 1.165) is 42.3 Å². The summed E-state index contributed by atoms with van der Waals surface area (Å²) in [5, 5.41) is 3.42. The predicted molar refractivity (Wildman–Crippen MR) is 116 cm³/mol. The largest absolute Gasteiger partial charge is 0.497 e. The number of nitrogens with zero attached hydrogens (tertiary/aromatic N) is 2. The zero-order chi connectivity index (χ0) is 20.8. The second-order valence-corrected chi connectivity index (χ2v) is 8.67. The Kier molecular flexibility index (Phi) is 4.82. The van der Waals surface area contributed by atoms with Crippen molar-refractivity contribution >= 4 is 11.6 Å². The number of ether oxygens (including phenoxy) is 2. The van der Waals surface area contributed by atoms with Crippen LogP contribution >= 0.6 is 0 Å². The van der Waals surface area contributed by atoms with Gasteiger partial charge < -0.3 is 24.6 Å². The topological polar surface area (TPSA) is 54.0 Å². The SMILES string of the molecule is COc1cc(C2CN(C)C(=O)C3NCCC32)c2c(c1)N(C)CC(c1ccccc1)O2. The van der Waals surface area contributed by atoms with Crippen LogP contribution in [-0.4, -0.2) is 57.7 Å². The molecule has 3 heterocycles. The van der Waals surface area contributed by atoms with Gasteiger partial charge in [-0.3, -0.25) is 4.79 Å². The van der Waals surface area contributed by atoms with Crippen molar-refractivity contribution < 1.29 is 14.3 Å². The van der Waals surface area contributed by atoms with Crippen LogP contribution in [0.2, 0.25) is 0 Å². The Morgan fingerprint density at radius 2 is 1.90 bits per heavy atom. The second kappa shape index (κ2) is 7.51. The molecule has 2 saturated heterocycles. The number of hydrogen-bond donors (Lipinski definition) is 1. The van der Waals surface area contributed by atoms with Gasteiger partial charge in [-0.05, 0) is 30.5 Å². The van der Waals surface area contributed by atoms with E-state index >= 15 is 0 Å². The van der Waals surface area contributed by atoms with Crippen molar-refractivity contribution in [3.8, 4) is 11.5 Å². The summed E-state index contributed by atoms with van der Waals surface area (Å²) in [5.41, 5.74) is 3.38. The van der Waals surface area contributed by atoms with Gasteiger partial charge in [0.15, 0.2) is 0 Å². The highest BCUT2D eigenvalue weighted by Crippen LogP contribution is 2.49. The molecule has 6 nitrogen and oxygen atoms in total. The fourth-order valence-corrected chi connectivity index (χ4v) is 5.30. The van der Waals surface area contributed by atoms with Gasteiger partial charge in [0.2, 0.25) is 5.91 Å². The number of likely N-dealkylation sites (tertiary alicyclic amines) is 1. The van der Waals surface area contributed by atoms with Gasteiger partial charge in [0.05, 0.1) is 25.4 Å². The van der Waals surface area contributed by atoms with Crippen LogP contribution in [0.15, 0.2) is 42.5 Å². The van der Waals surface area contributed by atoms with E-state index in [2.05, 4.69) is 53.7 Å². The summed E-state index contributed by atoms with van der Waals surface area (Å²) in [6.07, 6.45) is 0.968. The van der Waals surface area contributed by atoms with Gasteiger partial charge in [-0.1, -0.05) is 30.3 Å². The molecule has 6 heteroatoms. The first kappa shape index (κ1) is 19.2. The molecule has 5 rings (SSSR count). The van der Waals surface area contributed by atoms with Gasteiger partial charge in [0.1, 0.15) is 17.6 Å². The molecule has 158 valence electrons. The molecule has 1 amide bonds. The van der Waals surface area contributed by atoms with E-state index < -0.39 is 0 Å². The molecule has 30 heavy (non-hydrogen) atoms. The van der Waals surface area contributed by atoms with Crippen LogP contribution in [0.5, 0.6) is 11.5 Å². The molecule has 3 aliphatic rings. The Labute approximate surface area is 177 Å². The number of fused-ring (bicyclic) bond motifs is 2. The van der Waals surface area contributed by atoms with E-state index in [1.54, 1.807) is 7.11 Å². The quantitative estimate of drug-likeness (QED) is 0.848. The lowest BCUT2D eigenvalue weighted by molar-refractivity contribution is -0.136. The van der Waals surface area contributed by atoms with E-state index in [-0.39, 0.29) is 29.9 Å². The minimum atomic E-state index is -0.109. The number of piperidine rings is 1. The smallest absolute Gasteiger partial charge is 0.239 e. The Bertz CT molecular complexity index is 948.